The van der Waals surface area contributed by atoms with Gasteiger partial charge in [0.2, 0.25) is 0 Å². The lowest BCUT2D eigenvalue weighted by Gasteiger charge is -2.16. The highest BCUT2D eigenvalue weighted by molar-refractivity contribution is 8.02. The van der Waals surface area contributed by atoms with Gasteiger partial charge in [-0.3, -0.25) is 9.78 Å². The Balaban J connectivity index is 1.55. The van der Waals surface area contributed by atoms with E-state index < -0.39 is 5.97 Å². The molecule has 31 heavy (non-hydrogen) atoms. The van der Waals surface area contributed by atoms with Gasteiger partial charge < -0.3 is 15.0 Å². The minimum absolute atomic E-state index is 0.0108. The second-order valence-corrected chi connectivity index (χ2v) is 9.44. The van der Waals surface area contributed by atoms with E-state index in [2.05, 4.69) is 15.3 Å². The zero-order valence-corrected chi connectivity index (χ0v) is 18.9. The Hall–Kier alpha value is -2.84. The van der Waals surface area contributed by atoms with E-state index >= 15 is 0 Å². The lowest BCUT2D eigenvalue weighted by Crippen LogP contribution is -2.24. The highest BCUT2D eigenvalue weighted by Crippen LogP contribution is 2.36. The first-order valence-corrected chi connectivity index (χ1v) is 11.8. The Kier molecular flexibility index (Phi) is 6.58. The van der Waals surface area contributed by atoms with Crippen LogP contribution < -0.4 is 10.9 Å². The van der Waals surface area contributed by atoms with Crippen molar-refractivity contribution in [3.63, 3.8) is 0 Å². The first kappa shape index (κ1) is 21.4. The van der Waals surface area contributed by atoms with Crippen LogP contribution in [0.25, 0.3) is 5.70 Å². The molecule has 8 heteroatoms. The molecule has 0 spiro atoms. The molecule has 0 aliphatic carbocycles. The predicted molar refractivity (Wildman–Crippen MR) is 125 cm³/mol. The predicted octanol–water partition coefficient (Wildman–Crippen LogP) is 4.69. The van der Waals surface area contributed by atoms with Crippen molar-refractivity contribution in [2.45, 2.75) is 31.6 Å². The number of thiophene rings is 1. The number of thioether (sulfide) groups is 1. The van der Waals surface area contributed by atoms with Gasteiger partial charge >= 0.3 is 5.97 Å². The van der Waals surface area contributed by atoms with E-state index in [9.17, 15) is 9.59 Å². The molecule has 160 valence electrons. The third-order valence-electron chi connectivity index (χ3n) is 4.94. The molecule has 1 aliphatic heterocycles. The molecule has 0 radical (unpaired) electrons. The summed E-state index contributed by atoms with van der Waals surface area (Å²) in [5.41, 5.74) is 2.94. The number of hydrogen-bond donors (Lipinski definition) is 2. The van der Waals surface area contributed by atoms with Gasteiger partial charge in [0, 0.05) is 29.4 Å². The molecule has 3 aromatic heterocycles. The summed E-state index contributed by atoms with van der Waals surface area (Å²) in [6, 6.07) is 9.52. The Bertz CT molecular complexity index is 1140. The lowest BCUT2D eigenvalue weighted by molar-refractivity contribution is 0.0507. The minimum atomic E-state index is -0.422. The van der Waals surface area contributed by atoms with Crippen molar-refractivity contribution in [2.75, 3.05) is 6.61 Å². The maximum Gasteiger partial charge on any atom is 0.339 e. The van der Waals surface area contributed by atoms with Crippen LogP contribution in [0.3, 0.4) is 0 Å². The van der Waals surface area contributed by atoms with Crippen LogP contribution in [0, 0.1) is 0 Å². The SMILES string of the molecule is CC(C)c1[nH]c(=O)c(C2=CSC(c3ccncc3)N2)cc1C(=O)OCCc1cccs1. The fraction of sp³-hybridized carbons (Fsp3) is 0.261. The fourth-order valence-electron chi connectivity index (χ4n) is 3.33. The van der Waals surface area contributed by atoms with E-state index in [1.165, 1.54) is 4.88 Å². The lowest BCUT2D eigenvalue weighted by atomic mass is 10.0. The highest BCUT2D eigenvalue weighted by Gasteiger charge is 2.24. The average Bonchev–Trinajstić information content (AvgIpc) is 3.46. The maximum atomic E-state index is 12.9. The molecule has 0 saturated carbocycles. The molecule has 1 unspecified atom stereocenters. The Morgan fingerprint density at radius 3 is 2.77 bits per heavy atom. The number of nitrogens with one attached hydrogen (secondary N) is 2. The van der Waals surface area contributed by atoms with Crippen LogP contribution in [0.15, 0.2) is 58.3 Å². The summed E-state index contributed by atoms with van der Waals surface area (Å²) in [6.45, 7) is 4.18. The molecule has 1 atom stereocenters. The van der Waals surface area contributed by atoms with Crippen LogP contribution in [0.4, 0.5) is 0 Å². The number of ether oxygens (including phenoxy) is 1. The first-order valence-electron chi connectivity index (χ1n) is 10.0. The molecule has 0 amide bonds. The molecule has 4 rings (SSSR count). The summed E-state index contributed by atoms with van der Waals surface area (Å²) in [6.07, 6.45) is 4.15. The number of H-pyrrole nitrogens is 1. The Morgan fingerprint density at radius 1 is 1.26 bits per heavy atom. The number of esters is 1. The van der Waals surface area contributed by atoms with Gasteiger partial charge in [0.1, 0.15) is 5.37 Å². The first-order chi connectivity index (χ1) is 15.0. The molecule has 1 aliphatic rings. The van der Waals surface area contributed by atoms with Crippen LogP contribution in [0.1, 0.15) is 57.2 Å². The van der Waals surface area contributed by atoms with Crippen molar-refractivity contribution in [2.24, 2.45) is 0 Å². The normalized spacial score (nSPS) is 15.6. The number of carbonyl (C=O) groups excluding carboxylic acids is 1. The van der Waals surface area contributed by atoms with Crippen molar-refractivity contribution in [1.29, 1.82) is 0 Å². The minimum Gasteiger partial charge on any atom is -0.462 e. The van der Waals surface area contributed by atoms with Gasteiger partial charge in [-0.15, -0.1) is 23.1 Å². The van der Waals surface area contributed by atoms with Crippen LogP contribution in [0.2, 0.25) is 0 Å². The summed E-state index contributed by atoms with van der Waals surface area (Å²) in [5, 5.41) is 7.27. The summed E-state index contributed by atoms with van der Waals surface area (Å²) in [5.74, 6) is -0.444. The van der Waals surface area contributed by atoms with Gasteiger partial charge in [0.25, 0.3) is 5.56 Å². The fourth-order valence-corrected chi connectivity index (χ4v) is 5.00. The number of hydrogen-bond acceptors (Lipinski definition) is 7. The topological polar surface area (TPSA) is 84.1 Å². The van der Waals surface area contributed by atoms with E-state index in [1.807, 2.05) is 48.9 Å². The number of nitrogens with zero attached hydrogens (tertiary/aromatic N) is 1. The van der Waals surface area contributed by atoms with Crippen LogP contribution in [-0.4, -0.2) is 22.5 Å². The van der Waals surface area contributed by atoms with Crippen LogP contribution in [0.5, 0.6) is 0 Å². The van der Waals surface area contributed by atoms with Gasteiger partial charge in [0.05, 0.1) is 23.4 Å². The largest absolute Gasteiger partial charge is 0.462 e. The third kappa shape index (κ3) is 4.91. The maximum absolute atomic E-state index is 12.9. The van der Waals surface area contributed by atoms with Crippen molar-refractivity contribution >= 4 is 34.8 Å². The van der Waals surface area contributed by atoms with Gasteiger partial charge in [-0.25, -0.2) is 4.79 Å². The molecule has 6 nitrogen and oxygen atoms in total. The highest BCUT2D eigenvalue weighted by atomic mass is 32.2. The summed E-state index contributed by atoms with van der Waals surface area (Å²) in [7, 11) is 0. The van der Waals surface area contributed by atoms with Crippen molar-refractivity contribution in [1.82, 2.24) is 15.3 Å². The smallest absolute Gasteiger partial charge is 0.339 e. The molecule has 0 fully saturated rings. The van der Waals surface area contributed by atoms with E-state index in [-0.39, 0.29) is 16.9 Å². The standard InChI is InChI=1S/C23H23N3O3S2/c1-14(2)20-18(23(28)29-10-7-16-4-3-11-30-16)12-17(21(27)26-20)19-13-31-22(25-19)15-5-8-24-9-6-15/h3-6,8-9,11-14,22,25H,7,10H2,1-2H3,(H,26,27). The number of carbonyl (C=O) groups is 1. The monoisotopic (exact) mass is 453 g/mol. The Morgan fingerprint density at radius 2 is 2.06 bits per heavy atom. The molecular formula is C23H23N3O3S2. The number of aromatic amines is 1. The van der Waals surface area contributed by atoms with E-state index in [4.69, 9.17) is 4.74 Å². The molecule has 0 aromatic carbocycles. The second kappa shape index (κ2) is 9.53. The van der Waals surface area contributed by atoms with Crippen molar-refractivity contribution in [3.05, 3.63) is 91.1 Å². The Labute approximate surface area is 188 Å². The van der Waals surface area contributed by atoms with Crippen molar-refractivity contribution in [3.8, 4) is 0 Å². The number of rotatable bonds is 7. The van der Waals surface area contributed by atoms with Crippen LogP contribution in [-0.2, 0) is 11.2 Å². The van der Waals surface area contributed by atoms with Gasteiger partial charge in [-0.05, 0) is 46.5 Å². The zero-order valence-electron chi connectivity index (χ0n) is 17.3. The molecular weight excluding hydrogens is 430 g/mol. The summed E-state index contributed by atoms with van der Waals surface area (Å²) in [4.78, 5) is 33.8. The summed E-state index contributed by atoms with van der Waals surface area (Å²) < 4.78 is 5.53. The van der Waals surface area contributed by atoms with E-state index in [0.29, 0.717) is 35.5 Å². The van der Waals surface area contributed by atoms with Gasteiger partial charge in [-0.2, -0.15) is 0 Å². The van der Waals surface area contributed by atoms with Gasteiger partial charge in [0.15, 0.2) is 0 Å². The van der Waals surface area contributed by atoms with E-state index in [0.717, 1.165) is 5.56 Å². The molecule has 2 N–H and O–H groups in total. The van der Waals surface area contributed by atoms with Crippen LogP contribution >= 0.6 is 23.1 Å². The van der Waals surface area contributed by atoms with Gasteiger partial charge in [-0.1, -0.05) is 19.9 Å². The second-order valence-electron chi connectivity index (χ2n) is 7.43. The molecule has 0 saturated heterocycles. The van der Waals surface area contributed by atoms with E-state index in [1.54, 1.807) is 41.6 Å². The van der Waals surface area contributed by atoms with Crippen molar-refractivity contribution < 1.29 is 9.53 Å². The third-order valence-corrected chi connectivity index (χ3v) is 6.91. The molecule has 4 heterocycles. The average molecular weight is 454 g/mol. The number of pyridine rings is 2. The molecule has 0 bridgehead atoms. The quantitative estimate of drug-likeness (QED) is 0.505. The zero-order chi connectivity index (χ0) is 21.8. The molecule has 3 aromatic rings. The number of aromatic nitrogens is 2. The summed E-state index contributed by atoms with van der Waals surface area (Å²) >= 11 is 3.21.